The van der Waals surface area contributed by atoms with E-state index in [0.29, 0.717) is 35.3 Å². The molecule has 2 heterocycles. The number of aliphatic hydroxyl groups excluding tert-OH is 1. The standard InChI is InChI=1S/C21H21ClN4O/c1-2-26-17-6-4-3-5-16(17)24-21(26)19-18(27)13-25(20(19)23)12-11-14-7-9-15(22)10-8-14/h3-10,23,27H,2,11-13H2,1H3. The summed E-state index contributed by atoms with van der Waals surface area (Å²) in [6, 6.07) is 15.6. The highest BCUT2D eigenvalue weighted by Gasteiger charge is 2.31. The highest BCUT2D eigenvalue weighted by molar-refractivity contribution is 6.30. The highest BCUT2D eigenvalue weighted by atomic mass is 35.5. The van der Waals surface area contributed by atoms with Gasteiger partial charge in [-0.3, -0.25) is 5.41 Å². The molecule has 0 unspecified atom stereocenters. The Bertz CT molecular complexity index is 1040. The van der Waals surface area contributed by atoms with Gasteiger partial charge in [-0.25, -0.2) is 4.98 Å². The third-order valence-corrected chi connectivity index (χ3v) is 5.21. The predicted molar refractivity (Wildman–Crippen MR) is 109 cm³/mol. The first-order valence-corrected chi connectivity index (χ1v) is 9.42. The Balaban J connectivity index is 1.58. The van der Waals surface area contributed by atoms with Gasteiger partial charge in [0, 0.05) is 18.1 Å². The van der Waals surface area contributed by atoms with Gasteiger partial charge in [-0.05, 0) is 43.2 Å². The molecule has 2 N–H and O–H groups in total. The van der Waals surface area contributed by atoms with Crippen LogP contribution in [0.25, 0.3) is 16.6 Å². The molecule has 138 valence electrons. The lowest BCUT2D eigenvalue weighted by molar-refractivity contribution is 0.351. The number of hydrogen-bond donors (Lipinski definition) is 2. The van der Waals surface area contributed by atoms with Gasteiger partial charge in [0.25, 0.3) is 0 Å². The maximum Gasteiger partial charge on any atom is 0.148 e. The van der Waals surface area contributed by atoms with Crippen molar-refractivity contribution in [3.63, 3.8) is 0 Å². The molecular formula is C21H21ClN4O. The number of hydrogen-bond acceptors (Lipinski definition) is 3. The fourth-order valence-corrected chi connectivity index (χ4v) is 3.69. The van der Waals surface area contributed by atoms with Gasteiger partial charge in [-0.15, -0.1) is 0 Å². The Labute approximate surface area is 163 Å². The maximum atomic E-state index is 10.6. The molecule has 0 radical (unpaired) electrons. The number of aliphatic hydroxyl groups is 1. The zero-order valence-corrected chi connectivity index (χ0v) is 15.9. The van der Waals surface area contributed by atoms with Crippen molar-refractivity contribution in [3.05, 3.63) is 70.7 Å². The van der Waals surface area contributed by atoms with Crippen LogP contribution < -0.4 is 0 Å². The lowest BCUT2D eigenvalue weighted by Gasteiger charge is -2.18. The fourth-order valence-electron chi connectivity index (χ4n) is 3.56. The Morgan fingerprint density at radius 3 is 2.63 bits per heavy atom. The van der Waals surface area contributed by atoms with Crippen molar-refractivity contribution in [2.24, 2.45) is 0 Å². The smallest absolute Gasteiger partial charge is 0.148 e. The first kappa shape index (κ1) is 17.6. The van der Waals surface area contributed by atoms with E-state index >= 15 is 0 Å². The molecule has 1 aliphatic heterocycles. The van der Waals surface area contributed by atoms with Crippen LogP contribution in [0.5, 0.6) is 0 Å². The third-order valence-electron chi connectivity index (χ3n) is 4.96. The van der Waals surface area contributed by atoms with E-state index in [9.17, 15) is 5.11 Å². The average molecular weight is 381 g/mol. The van der Waals surface area contributed by atoms with Gasteiger partial charge in [-0.1, -0.05) is 35.9 Å². The Kier molecular flexibility index (Phi) is 4.62. The number of para-hydroxylation sites is 2. The Hall–Kier alpha value is -2.79. The van der Waals surface area contributed by atoms with E-state index in [1.54, 1.807) is 0 Å². The molecule has 6 heteroatoms. The lowest BCUT2D eigenvalue weighted by atomic mass is 10.1. The fraction of sp³-hybridized carbons (Fsp3) is 0.238. The van der Waals surface area contributed by atoms with E-state index in [1.807, 2.05) is 60.4 Å². The largest absolute Gasteiger partial charge is 0.510 e. The molecule has 1 aliphatic rings. The number of aromatic nitrogens is 2. The third kappa shape index (κ3) is 3.19. The molecule has 4 rings (SSSR count). The molecule has 27 heavy (non-hydrogen) atoms. The van der Waals surface area contributed by atoms with Crippen LogP contribution in [0.2, 0.25) is 5.02 Å². The van der Waals surface area contributed by atoms with Crippen LogP contribution in [0.4, 0.5) is 0 Å². The van der Waals surface area contributed by atoms with Gasteiger partial charge < -0.3 is 14.6 Å². The van der Waals surface area contributed by atoms with E-state index in [-0.39, 0.29) is 5.76 Å². The van der Waals surface area contributed by atoms with Crippen molar-refractivity contribution in [1.82, 2.24) is 14.5 Å². The number of imidazole rings is 1. The number of fused-ring (bicyclic) bond motifs is 1. The van der Waals surface area contributed by atoms with Crippen LogP contribution in [0.3, 0.4) is 0 Å². The van der Waals surface area contributed by atoms with E-state index in [4.69, 9.17) is 22.0 Å². The molecule has 0 saturated heterocycles. The molecule has 5 nitrogen and oxygen atoms in total. The van der Waals surface area contributed by atoms with E-state index in [0.717, 1.165) is 29.6 Å². The van der Waals surface area contributed by atoms with Gasteiger partial charge in [0.15, 0.2) is 0 Å². The second-order valence-corrected chi connectivity index (χ2v) is 7.07. The second-order valence-electron chi connectivity index (χ2n) is 6.64. The van der Waals surface area contributed by atoms with Crippen LogP contribution in [-0.4, -0.2) is 38.5 Å². The number of benzene rings is 2. The summed E-state index contributed by atoms with van der Waals surface area (Å²) in [6.07, 6.45) is 0.782. The summed E-state index contributed by atoms with van der Waals surface area (Å²) in [7, 11) is 0. The van der Waals surface area contributed by atoms with Crippen LogP contribution in [0.15, 0.2) is 54.3 Å². The predicted octanol–water partition coefficient (Wildman–Crippen LogP) is 4.51. The zero-order chi connectivity index (χ0) is 19.0. The van der Waals surface area contributed by atoms with Crippen molar-refractivity contribution in [2.75, 3.05) is 13.1 Å². The molecule has 3 aromatic rings. The molecule has 0 aliphatic carbocycles. The van der Waals surface area contributed by atoms with Crippen molar-refractivity contribution < 1.29 is 5.11 Å². The first-order chi connectivity index (χ1) is 13.1. The van der Waals surface area contributed by atoms with Gasteiger partial charge >= 0.3 is 0 Å². The molecular weight excluding hydrogens is 360 g/mol. The van der Waals surface area contributed by atoms with Crippen LogP contribution in [0, 0.1) is 5.41 Å². The number of nitrogens with one attached hydrogen (secondary N) is 1. The number of rotatable bonds is 5. The van der Waals surface area contributed by atoms with Gasteiger partial charge in [0.2, 0.25) is 0 Å². The van der Waals surface area contributed by atoms with Crippen molar-refractivity contribution in [2.45, 2.75) is 19.9 Å². The summed E-state index contributed by atoms with van der Waals surface area (Å²) in [4.78, 5) is 6.58. The summed E-state index contributed by atoms with van der Waals surface area (Å²) in [5.41, 5.74) is 3.58. The topological polar surface area (TPSA) is 65.1 Å². The van der Waals surface area contributed by atoms with Crippen LogP contribution >= 0.6 is 11.6 Å². The van der Waals surface area contributed by atoms with Gasteiger partial charge in [-0.2, -0.15) is 0 Å². The molecule has 2 aromatic carbocycles. The van der Waals surface area contributed by atoms with E-state index < -0.39 is 0 Å². The minimum atomic E-state index is 0.209. The first-order valence-electron chi connectivity index (χ1n) is 9.04. The summed E-state index contributed by atoms with van der Waals surface area (Å²) >= 11 is 5.94. The minimum absolute atomic E-state index is 0.209. The average Bonchev–Trinajstić information content (AvgIpc) is 3.17. The molecule has 0 bridgehead atoms. The van der Waals surface area contributed by atoms with Crippen molar-refractivity contribution >= 4 is 34.0 Å². The normalized spacial score (nSPS) is 14.6. The Morgan fingerprint density at radius 1 is 1.15 bits per heavy atom. The van der Waals surface area contributed by atoms with Crippen LogP contribution in [-0.2, 0) is 13.0 Å². The molecule has 0 atom stereocenters. The summed E-state index contributed by atoms with van der Waals surface area (Å²) in [5.74, 6) is 1.20. The van der Waals surface area contributed by atoms with Crippen molar-refractivity contribution in [3.8, 4) is 0 Å². The molecule has 1 aromatic heterocycles. The van der Waals surface area contributed by atoms with Crippen LogP contribution in [0.1, 0.15) is 18.3 Å². The molecule has 0 saturated carbocycles. The molecule has 0 amide bonds. The quantitative estimate of drug-likeness (QED) is 0.684. The lowest BCUT2D eigenvalue weighted by Crippen LogP contribution is -2.29. The summed E-state index contributed by atoms with van der Waals surface area (Å²) < 4.78 is 2.05. The monoisotopic (exact) mass is 380 g/mol. The highest BCUT2D eigenvalue weighted by Crippen LogP contribution is 2.29. The van der Waals surface area contributed by atoms with Crippen molar-refractivity contribution in [1.29, 1.82) is 5.41 Å². The maximum absolute atomic E-state index is 10.6. The number of amidine groups is 1. The summed E-state index contributed by atoms with van der Waals surface area (Å²) in [6.45, 7) is 3.77. The molecule has 0 fully saturated rings. The minimum Gasteiger partial charge on any atom is -0.510 e. The molecule has 0 spiro atoms. The zero-order valence-electron chi connectivity index (χ0n) is 15.1. The van der Waals surface area contributed by atoms with E-state index in [2.05, 4.69) is 4.57 Å². The van der Waals surface area contributed by atoms with Gasteiger partial charge in [0.1, 0.15) is 17.4 Å². The summed E-state index contributed by atoms with van der Waals surface area (Å²) in [5, 5.41) is 19.9. The number of nitrogens with zero attached hydrogens (tertiary/aromatic N) is 3. The van der Waals surface area contributed by atoms with Gasteiger partial charge in [0.05, 0.1) is 23.2 Å². The number of aryl methyl sites for hydroxylation is 1. The second kappa shape index (κ2) is 7.08. The van der Waals surface area contributed by atoms with E-state index in [1.165, 1.54) is 0 Å². The Morgan fingerprint density at radius 2 is 1.89 bits per heavy atom. The number of halogens is 1. The SMILES string of the molecule is CCn1c(C2=C(O)CN(CCc3ccc(Cl)cc3)C2=N)nc2ccccc21.